The van der Waals surface area contributed by atoms with E-state index in [2.05, 4.69) is 31.2 Å². The molecular formula is C43H34O6. The molecule has 0 unspecified atom stereocenters. The van der Waals surface area contributed by atoms with Crippen LogP contribution in [0.5, 0.6) is 17.2 Å². The highest BCUT2D eigenvalue weighted by Crippen LogP contribution is 2.23. The molecule has 0 fully saturated rings. The average molecular weight is 647 g/mol. The van der Waals surface area contributed by atoms with E-state index in [1.807, 2.05) is 55.5 Å². The van der Waals surface area contributed by atoms with Gasteiger partial charge in [0.2, 0.25) is 0 Å². The van der Waals surface area contributed by atoms with Crippen LogP contribution in [-0.4, -0.2) is 17.9 Å². The van der Waals surface area contributed by atoms with Crippen LogP contribution in [0.4, 0.5) is 0 Å². The summed E-state index contributed by atoms with van der Waals surface area (Å²) in [7, 11) is 0. The van der Waals surface area contributed by atoms with E-state index in [0.29, 0.717) is 33.9 Å². The van der Waals surface area contributed by atoms with E-state index in [0.717, 1.165) is 40.7 Å². The molecule has 0 spiro atoms. The molecule has 0 saturated heterocycles. The van der Waals surface area contributed by atoms with Crippen LogP contribution in [0, 0.1) is 13.8 Å². The van der Waals surface area contributed by atoms with Crippen molar-refractivity contribution in [3.63, 3.8) is 0 Å². The van der Waals surface area contributed by atoms with Crippen LogP contribution in [-0.2, 0) is 12.8 Å². The van der Waals surface area contributed by atoms with Crippen LogP contribution in [0.25, 0.3) is 11.1 Å². The Hall–Kier alpha value is -6.27. The Kier molecular flexibility index (Phi) is 10.1. The lowest BCUT2D eigenvalue weighted by molar-refractivity contribution is 0.0719. The molecule has 6 heteroatoms. The van der Waals surface area contributed by atoms with Crippen molar-refractivity contribution in [2.75, 3.05) is 0 Å². The van der Waals surface area contributed by atoms with E-state index in [-0.39, 0.29) is 0 Å². The highest BCUT2D eigenvalue weighted by Gasteiger charge is 2.12. The summed E-state index contributed by atoms with van der Waals surface area (Å²) < 4.78 is 16.5. The van der Waals surface area contributed by atoms with E-state index in [9.17, 15) is 14.4 Å². The van der Waals surface area contributed by atoms with Gasteiger partial charge < -0.3 is 14.2 Å². The van der Waals surface area contributed by atoms with E-state index in [1.165, 1.54) is 5.56 Å². The van der Waals surface area contributed by atoms with E-state index in [1.54, 1.807) is 72.8 Å². The lowest BCUT2D eigenvalue weighted by Crippen LogP contribution is -2.09. The van der Waals surface area contributed by atoms with Gasteiger partial charge in [0.25, 0.3) is 0 Å². The Morgan fingerprint density at radius 2 is 0.633 bits per heavy atom. The zero-order valence-corrected chi connectivity index (χ0v) is 27.2. The van der Waals surface area contributed by atoms with Gasteiger partial charge >= 0.3 is 17.9 Å². The number of hydrogen-bond acceptors (Lipinski definition) is 6. The molecule has 0 aliphatic carbocycles. The largest absolute Gasteiger partial charge is 0.423 e. The van der Waals surface area contributed by atoms with Gasteiger partial charge in [0.15, 0.2) is 0 Å². The third kappa shape index (κ3) is 8.76. The number of hydrogen-bond donors (Lipinski definition) is 0. The summed E-state index contributed by atoms with van der Waals surface area (Å²) in [5.41, 5.74) is 7.93. The van der Waals surface area contributed by atoms with Crippen LogP contribution in [0.15, 0.2) is 146 Å². The summed E-state index contributed by atoms with van der Waals surface area (Å²) in [6.45, 7) is 4.00. The Morgan fingerprint density at radius 3 is 1.02 bits per heavy atom. The normalized spacial score (nSPS) is 10.7. The molecule has 6 rings (SSSR count). The molecule has 6 aromatic rings. The molecule has 0 radical (unpaired) electrons. The molecule has 0 aromatic heterocycles. The molecule has 0 aliphatic heterocycles. The summed E-state index contributed by atoms with van der Waals surface area (Å²) in [6, 6.07) is 43.9. The van der Waals surface area contributed by atoms with Crippen LogP contribution >= 0.6 is 0 Å². The van der Waals surface area contributed by atoms with Gasteiger partial charge in [-0.05, 0) is 122 Å². The highest BCUT2D eigenvalue weighted by atomic mass is 16.5. The first-order chi connectivity index (χ1) is 23.8. The SMILES string of the molecule is Cc1ccc(C(=O)Oc2ccc(OC(=O)c3ccc(CCc4ccc(OC(=O)c5ccc(-c6ccc(C)cc6)cc5)cc4)cc3)cc2)cc1. The maximum atomic E-state index is 12.7. The molecule has 0 amide bonds. The molecule has 49 heavy (non-hydrogen) atoms. The Bertz CT molecular complexity index is 2040. The fourth-order valence-corrected chi connectivity index (χ4v) is 5.13. The van der Waals surface area contributed by atoms with Gasteiger partial charge in [-0.1, -0.05) is 83.9 Å². The molecule has 0 heterocycles. The minimum atomic E-state index is -0.483. The fraction of sp³-hybridized carbons (Fsp3) is 0.0930. The van der Waals surface area contributed by atoms with Crippen molar-refractivity contribution in [2.45, 2.75) is 26.7 Å². The lowest BCUT2D eigenvalue weighted by Gasteiger charge is -2.08. The molecule has 6 aromatic carbocycles. The number of esters is 3. The van der Waals surface area contributed by atoms with Crippen molar-refractivity contribution in [3.05, 3.63) is 185 Å². The molecule has 0 bridgehead atoms. The van der Waals surface area contributed by atoms with Gasteiger partial charge in [0.05, 0.1) is 16.7 Å². The Balaban J connectivity index is 0.955. The second-order valence-corrected chi connectivity index (χ2v) is 11.8. The Morgan fingerprint density at radius 1 is 0.367 bits per heavy atom. The third-order valence-electron chi connectivity index (χ3n) is 8.06. The zero-order valence-electron chi connectivity index (χ0n) is 27.2. The molecular weight excluding hydrogens is 612 g/mol. The van der Waals surface area contributed by atoms with E-state index >= 15 is 0 Å². The minimum absolute atomic E-state index is 0.342. The number of carbonyl (C=O) groups excluding carboxylic acids is 3. The zero-order chi connectivity index (χ0) is 34.2. The quantitative estimate of drug-likeness (QED) is 0.109. The maximum Gasteiger partial charge on any atom is 0.343 e. The minimum Gasteiger partial charge on any atom is -0.423 e. The van der Waals surface area contributed by atoms with Gasteiger partial charge in [-0.25, -0.2) is 14.4 Å². The summed E-state index contributed by atoms with van der Waals surface area (Å²) in [5, 5.41) is 0. The monoisotopic (exact) mass is 646 g/mol. The van der Waals surface area contributed by atoms with Crippen molar-refractivity contribution in [1.29, 1.82) is 0 Å². The van der Waals surface area contributed by atoms with Crippen LogP contribution < -0.4 is 14.2 Å². The molecule has 0 atom stereocenters. The Labute approximate surface area is 285 Å². The number of aryl methyl sites for hydroxylation is 4. The number of benzene rings is 6. The van der Waals surface area contributed by atoms with Crippen LogP contribution in [0.1, 0.15) is 53.3 Å². The van der Waals surface area contributed by atoms with Gasteiger partial charge in [0.1, 0.15) is 17.2 Å². The molecule has 0 aliphatic rings. The summed E-state index contributed by atoms with van der Waals surface area (Å²) in [5.74, 6) is -0.169. The average Bonchev–Trinajstić information content (AvgIpc) is 3.13. The van der Waals surface area contributed by atoms with E-state index < -0.39 is 17.9 Å². The predicted octanol–water partition coefficient (Wildman–Crippen LogP) is 9.41. The fourth-order valence-electron chi connectivity index (χ4n) is 5.13. The summed E-state index contributed by atoms with van der Waals surface area (Å²) in [6.07, 6.45) is 1.55. The van der Waals surface area contributed by atoms with Crippen molar-refractivity contribution in [3.8, 4) is 28.4 Å². The van der Waals surface area contributed by atoms with Gasteiger partial charge in [0, 0.05) is 0 Å². The van der Waals surface area contributed by atoms with Crippen LogP contribution in [0.2, 0.25) is 0 Å². The predicted molar refractivity (Wildman–Crippen MR) is 189 cm³/mol. The summed E-state index contributed by atoms with van der Waals surface area (Å²) in [4.78, 5) is 37.8. The standard InChI is InChI=1S/C43H34O6/c1-29-3-13-33(14-4-29)34-19-21-37(22-20-34)43(46)47-38-23-11-32(12-24-38)8-7-31-9-17-36(18-10-31)42(45)49-40-27-25-39(26-28-40)48-41(44)35-15-5-30(2)6-16-35/h3-6,9-28H,7-8H2,1-2H3. The maximum absolute atomic E-state index is 12.7. The third-order valence-corrected chi connectivity index (χ3v) is 8.06. The topological polar surface area (TPSA) is 78.9 Å². The lowest BCUT2D eigenvalue weighted by atomic mass is 10.0. The second-order valence-electron chi connectivity index (χ2n) is 11.8. The first-order valence-electron chi connectivity index (χ1n) is 16.0. The molecule has 6 nitrogen and oxygen atoms in total. The highest BCUT2D eigenvalue weighted by molar-refractivity contribution is 5.92. The number of carbonyl (C=O) groups is 3. The van der Waals surface area contributed by atoms with Gasteiger partial charge in [-0.2, -0.15) is 0 Å². The molecule has 0 N–H and O–H groups in total. The smallest absolute Gasteiger partial charge is 0.343 e. The van der Waals surface area contributed by atoms with Gasteiger partial charge in [-0.3, -0.25) is 0 Å². The van der Waals surface area contributed by atoms with Gasteiger partial charge in [-0.15, -0.1) is 0 Å². The summed E-state index contributed by atoms with van der Waals surface area (Å²) >= 11 is 0. The number of rotatable bonds is 10. The first-order valence-corrected chi connectivity index (χ1v) is 16.0. The van der Waals surface area contributed by atoms with Crippen molar-refractivity contribution >= 4 is 17.9 Å². The van der Waals surface area contributed by atoms with Crippen molar-refractivity contribution in [1.82, 2.24) is 0 Å². The molecule has 0 saturated carbocycles. The first kappa shape index (κ1) is 32.7. The van der Waals surface area contributed by atoms with Crippen molar-refractivity contribution < 1.29 is 28.6 Å². The van der Waals surface area contributed by atoms with E-state index in [4.69, 9.17) is 14.2 Å². The molecule has 242 valence electrons. The second kappa shape index (κ2) is 15.1. The number of ether oxygens (including phenoxy) is 3. The van der Waals surface area contributed by atoms with Crippen molar-refractivity contribution in [2.24, 2.45) is 0 Å². The van der Waals surface area contributed by atoms with Crippen LogP contribution in [0.3, 0.4) is 0 Å².